The van der Waals surface area contributed by atoms with Crippen molar-refractivity contribution in [1.82, 2.24) is 15.4 Å². The zero-order chi connectivity index (χ0) is 20.0. The first kappa shape index (κ1) is 20.4. The van der Waals surface area contributed by atoms with Crippen molar-refractivity contribution in [3.63, 3.8) is 0 Å². The highest BCUT2D eigenvalue weighted by Gasteiger charge is 2.11. The molecule has 0 aliphatic carbocycles. The van der Waals surface area contributed by atoms with E-state index in [1.807, 2.05) is 0 Å². The number of carbonyl (C=O) groups excluding carboxylic acids is 1. The van der Waals surface area contributed by atoms with Gasteiger partial charge in [0, 0.05) is 27.7 Å². The molecule has 0 bridgehead atoms. The Hall–Kier alpha value is -2.88. The molecule has 0 spiro atoms. The van der Waals surface area contributed by atoms with Crippen molar-refractivity contribution >= 4 is 28.1 Å². The minimum Gasteiger partial charge on any atom is -0.493 e. The summed E-state index contributed by atoms with van der Waals surface area (Å²) in [6.45, 7) is 1.61. The van der Waals surface area contributed by atoms with Gasteiger partial charge < -0.3 is 14.5 Å². The van der Waals surface area contributed by atoms with Crippen LogP contribution in [0.4, 0.5) is 0 Å². The van der Waals surface area contributed by atoms with E-state index in [9.17, 15) is 14.4 Å². The molecular formula is C17H19BrN4O5. The Labute approximate surface area is 162 Å². The van der Waals surface area contributed by atoms with Crippen LogP contribution in [-0.2, 0) is 11.2 Å². The minimum atomic E-state index is -0.575. The van der Waals surface area contributed by atoms with Crippen LogP contribution in [0.15, 0.2) is 31.3 Å². The highest BCUT2D eigenvalue weighted by molar-refractivity contribution is 9.10. The molecule has 9 nitrogen and oxygen atoms in total. The van der Waals surface area contributed by atoms with E-state index >= 15 is 0 Å². The quantitative estimate of drug-likeness (QED) is 0.442. The zero-order valence-electron chi connectivity index (χ0n) is 15.0. The predicted octanol–water partition coefficient (Wildman–Crippen LogP) is 1.23. The zero-order valence-corrected chi connectivity index (χ0v) is 16.6. The van der Waals surface area contributed by atoms with Gasteiger partial charge in [0.15, 0.2) is 11.5 Å². The van der Waals surface area contributed by atoms with Crippen LogP contribution in [0, 0.1) is 6.92 Å². The Morgan fingerprint density at radius 3 is 2.63 bits per heavy atom. The number of ether oxygens (including phenoxy) is 2. The summed E-state index contributed by atoms with van der Waals surface area (Å²) in [6, 6.07) is 3.51. The predicted molar refractivity (Wildman–Crippen MR) is 104 cm³/mol. The molecule has 1 aromatic heterocycles. The van der Waals surface area contributed by atoms with Gasteiger partial charge >= 0.3 is 5.69 Å². The summed E-state index contributed by atoms with van der Waals surface area (Å²) >= 11 is 3.36. The number of nitrogens with one attached hydrogen (secondary N) is 3. The number of hydrazone groups is 1. The largest absolute Gasteiger partial charge is 0.493 e. The number of hydrogen-bond donors (Lipinski definition) is 3. The molecule has 0 fully saturated rings. The standard InChI is InChI=1S/C17H19BrN4O5/c1-9-12(16(24)21-17(25)20-9)4-5-14(23)22-19-8-10-6-11(18)7-13(26-2)15(10)27-3/h6-8H,4-5H2,1-3H3,(H,22,23)(H2,20,21,24,25)/b19-8+. The second-order valence-electron chi connectivity index (χ2n) is 5.54. The number of methoxy groups -OCH3 is 2. The molecular weight excluding hydrogens is 420 g/mol. The van der Waals surface area contributed by atoms with E-state index in [0.717, 1.165) is 4.47 Å². The number of hydrogen-bond acceptors (Lipinski definition) is 6. The fraction of sp³-hybridized carbons (Fsp3) is 0.294. The highest BCUT2D eigenvalue weighted by atomic mass is 79.9. The van der Waals surface area contributed by atoms with E-state index in [4.69, 9.17) is 9.47 Å². The molecule has 0 saturated heterocycles. The molecule has 2 aromatic rings. The minimum absolute atomic E-state index is 0.0340. The average molecular weight is 439 g/mol. The van der Waals surface area contributed by atoms with E-state index < -0.39 is 11.2 Å². The number of aryl methyl sites for hydroxylation is 1. The highest BCUT2D eigenvalue weighted by Crippen LogP contribution is 2.33. The third kappa shape index (κ3) is 5.30. The Morgan fingerprint density at radius 2 is 2.00 bits per heavy atom. The molecule has 27 heavy (non-hydrogen) atoms. The summed E-state index contributed by atoms with van der Waals surface area (Å²) in [6.07, 6.45) is 1.64. The lowest BCUT2D eigenvalue weighted by molar-refractivity contribution is -0.121. The number of aromatic nitrogens is 2. The maximum Gasteiger partial charge on any atom is 0.325 e. The van der Waals surface area contributed by atoms with Crippen molar-refractivity contribution in [2.75, 3.05) is 14.2 Å². The summed E-state index contributed by atoms with van der Waals surface area (Å²) in [5.74, 6) is 0.624. The first-order chi connectivity index (χ1) is 12.8. The van der Waals surface area contributed by atoms with Crippen LogP contribution in [0.1, 0.15) is 23.2 Å². The summed E-state index contributed by atoms with van der Waals surface area (Å²) in [4.78, 5) is 39.5. The summed E-state index contributed by atoms with van der Waals surface area (Å²) in [5.41, 5.74) is 2.72. The summed E-state index contributed by atoms with van der Waals surface area (Å²) < 4.78 is 11.3. The monoisotopic (exact) mass is 438 g/mol. The number of halogens is 1. The van der Waals surface area contributed by atoms with Gasteiger partial charge in [-0.1, -0.05) is 15.9 Å². The molecule has 1 aromatic carbocycles. The number of benzene rings is 1. The van der Waals surface area contributed by atoms with Gasteiger partial charge in [0.25, 0.3) is 5.56 Å². The van der Waals surface area contributed by atoms with E-state index in [0.29, 0.717) is 28.3 Å². The molecule has 0 unspecified atom stereocenters. The first-order valence-corrected chi connectivity index (χ1v) is 8.70. The Kier molecular flexibility index (Phi) is 6.94. The van der Waals surface area contributed by atoms with Crippen LogP contribution in [0.25, 0.3) is 0 Å². The van der Waals surface area contributed by atoms with Crippen molar-refractivity contribution in [2.24, 2.45) is 5.10 Å². The molecule has 1 amide bonds. The molecule has 144 valence electrons. The smallest absolute Gasteiger partial charge is 0.325 e. The van der Waals surface area contributed by atoms with Crippen LogP contribution >= 0.6 is 15.9 Å². The Bertz CT molecular complexity index is 980. The van der Waals surface area contributed by atoms with E-state index in [2.05, 4.69) is 36.4 Å². The lowest BCUT2D eigenvalue weighted by Crippen LogP contribution is -2.28. The second-order valence-corrected chi connectivity index (χ2v) is 6.45. The van der Waals surface area contributed by atoms with E-state index in [1.54, 1.807) is 19.1 Å². The molecule has 0 radical (unpaired) electrons. The van der Waals surface area contributed by atoms with Crippen molar-refractivity contribution in [1.29, 1.82) is 0 Å². The molecule has 10 heteroatoms. The normalized spacial score (nSPS) is 10.8. The van der Waals surface area contributed by atoms with E-state index in [1.165, 1.54) is 20.4 Å². The van der Waals surface area contributed by atoms with Gasteiger partial charge in [-0.15, -0.1) is 0 Å². The number of H-pyrrole nitrogens is 2. The van der Waals surface area contributed by atoms with Crippen LogP contribution in [0.5, 0.6) is 11.5 Å². The number of aromatic amines is 2. The first-order valence-electron chi connectivity index (χ1n) is 7.91. The fourth-order valence-electron chi connectivity index (χ4n) is 2.45. The summed E-state index contributed by atoms with van der Waals surface area (Å²) in [5, 5.41) is 3.91. The van der Waals surface area contributed by atoms with Crippen LogP contribution in [0.3, 0.4) is 0 Å². The van der Waals surface area contributed by atoms with E-state index in [-0.39, 0.29) is 18.7 Å². The van der Waals surface area contributed by atoms with Gasteiger partial charge in [-0.3, -0.25) is 14.6 Å². The van der Waals surface area contributed by atoms with Crippen molar-refractivity contribution in [2.45, 2.75) is 19.8 Å². The van der Waals surface area contributed by atoms with Gasteiger partial charge in [-0.2, -0.15) is 5.10 Å². The van der Waals surface area contributed by atoms with Crippen LogP contribution in [0.2, 0.25) is 0 Å². The lowest BCUT2D eigenvalue weighted by atomic mass is 10.1. The van der Waals surface area contributed by atoms with Crippen molar-refractivity contribution in [3.8, 4) is 11.5 Å². The molecule has 0 saturated carbocycles. The van der Waals surface area contributed by atoms with Crippen LogP contribution in [-0.4, -0.2) is 36.3 Å². The Balaban J connectivity index is 2.03. The number of carbonyl (C=O) groups is 1. The molecule has 0 aliphatic rings. The van der Waals surface area contributed by atoms with Gasteiger partial charge in [0.1, 0.15) is 0 Å². The van der Waals surface area contributed by atoms with Crippen molar-refractivity contribution in [3.05, 3.63) is 54.3 Å². The SMILES string of the molecule is COc1cc(Br)cc(/C=N/NC(=O)CCc2c(C)[nH]c(=O)[nH]c2=O)c1OC. The van der Waals surface area contributed by atoms with Gasteiger partial charge in [-0.05, 0) is 25.5 Å². The molecule has 1 heterocycles. The molecule has 0 aliphatic heterocycles. The van der Waals surface area contributed by atoms with Crippen LogP contribution < -0.4 is 26.1 Å². The number of nitrogens with zero attached hydrogens (tertiary/aromatic N) is 1. The second kappa shape index (κ2) is 9.17. The molecule has 2 rings (SSSR count). The molecule has 0 atom stereocenters. The maximum atomic E-state index is 12.0. The summed E-state index contributed by atoms with van der Waals surface area (Å²) in [7, 11) is 3.03. The third-order valence-corrected chi connectivity index (χ3v) is 4.18. The maximum absolute atomic E-state index is 12.0. The van der Waals surface area contributed by atoms with Crippen molar-refractivity contribution < 1.29 is 14.3 Å². The number of amides is 1. The lowest BCUT2D eigenvalue weighted by Gasteiger charge is -2.10. The van der Waals surface area contributed by atoms with Gasteiger partial charge in [0.2, 0.25) is 5.91 Å². The topological polar surface area (TPSA) is 126 Å². The van der Waals surface area contributed by atoms with Gasteiger partial charge in [-0.25, -0.2) is 10.2 Å². The third-order valence-electron chi connectivity index (χ3n) is 3.72. The Morgan fingerprint density at radius 1 is 1.26 bits per heavy atom. The average Bonchev–Trinajstić information content (AvgIpc) is 2.60. The van der Waals surface area contributed by atoms with Gasteiger partial charge in [0.05, 0.1) is 20.4 Å². The fourth-order valence-corrected chi connectivity index (χ4v) is 2.90. The number of rotatable bonds is 7. The molecule has 3 N–H and O–H groups in total.